The van der Waals surface area contributed by atoms with Crippen molar-refractivity contribution in [2.75, 3.05) is 0 Å². The first-order chi connectivity index (χ1) is 11.5. The molecule has 0 bridgehead atoms. The largest absolute Gasteiger partial charge is 0.361 e. The van der Waals surface area contributed by atoms with Crippen LogP contribution in [-0.2, 0) is 13.1 Å². The van der Waals surface area contributed by atoms with Crippen molar-refractivity contribution in [2.24, 2.45) is 5.92 Å². The van der Waals surface area contributed by atoms with E-state index in [0.717, 1.165) is 41.9 Å². The molecular formula is C19H29N3O2. The molecule has 5 heteroatoms. The van der Waals surface area contributed by atoms with E-state index >= 15 is 0 Å². The number of nitrogens with zero attached hydrogens (tertiary/aromatic N) is 3. The minimum atomic E-state index is 0.594. The van der Waals surface area contributed by atoms with Crippen molar-refractivity contribution in [2.45, 2.75) is 79.4 Å². The smallest absolute Gasteiger partial charge is 0.138 e. The van der Waals surface area contributed by atoms with E-state index in [2.05, 4.69) is 22.1 Å². The van der Waals surface area contributed by atoms with Gasteiger partial charge < -0.3 is 9.05 Å². The van der Waals surface area contributed by atoms with Crippen molar-refractivity contribution >= 4 is 0 Å². The van der Waals surface area contributed by atoms with Gasteiger partial charge in [-0.1, -0.05) is 30.1 Å². The third-order valence-electron chi connectivity index (χ3n) is 5.51. The molecule has 1 aliphatic rings. The third-order valence-corrected chi connectivity index (χ3v) is 5.51. The number of hydrogen-bond donors (Lipinski definition) is 0. The Bertz CT molecular complexity index is 602. The van der Waals surface area contributed by atoms with E-state index in [4.69, 9.17) is 9.05 Å². The molecule has 0 aromatic carbocycles. The molecule has 1 aliphatic carbocycles. The lowest BCUT2D eigenvalue weighted by Gasteiger charge is -2.36. The van der Waals surface area contributed by atoms with Crippen LogP contribution in [0.5, 0.6) is 0 Å². The van der Waals surface area contributed by atoms with Gasteiger partial charge >= 0.3 is 0 Å². The molecule has 5 nitrogen and oxygen atoms in total. The van der Waals surface area contributed by atoms with Crippen molar-refractivity contribution < 1.29 is 9.05 Å². The van der Waals surface area contributed by atoms with Crippen molar-refractivity contribution in [3.05, 3.63) is 34.0 Å². The van der Waals surface area contributed by atoms with Gasteiger partial charge in [-0.15, -0.1) is 0 Å². The maximum atomic E-state index is 5.38. The van der Waals surface area contributed by atoms with E-state index < -0.39 is 0 Å². The second-order valence-corrected chi connectivity index (χ2v) is 7.44. The maximum Gasteiger partial charge on any atom is 0.138 e. The van der Waals surface area contributed by atoms with Crippen LogP contribution >= 0.6 is 0 Å². The molecule has 0 saturated heterocycles. The fourth-order valence-corrected chi connectivity index (χ4v) is 3.91. The molecule has 2 aromatic heterocycles. The van der Waals surface area contributed by atoms with Gasteiger partial charge in [-0.2, -0.15) is 0 Å². The number of rotatable bonds is 5. The van der Waals surface area contributed by atoms with E-state index in [0.29, 0.717) is 6.04 Å². The van der Waals surface area contributed by atoms with Crippen LogP contribution < -0.4 is 0 Å². The van der Waals surface area contributed by atoms with Gasteiger partial charge in [-0.05, 0) is 46.5 Å². The van der Waals surface area contributed by atoms with Gasteiger partial charge in [0, 0.05) is 30.3 Å². The fourth-order valence-electron chi connectivity index (χ4n) is 3.91. The zero-order valence-electron chi connectivity index (χ0n) is 15.6. The van der Waals surface area contributed by atoms with Crippen molar-refractivity contribution in [1.29, 1.82) is 0 Å². The first-order valence-electron chi connectivity index (χ1n) is 9.03. The van der Waals surface area contributed by atoms with Crippen LogP contribution in [0, 0.1) is 33.6 Å². The summed E-state index contributed by atoms with van der Waals surface area (Å²) in [6, 6.07) is 0.594. The van der Waals surface area contributed by atoms with Crippen molar-refractivity contribution in [3.63, 3.8) is 0 Å². The minimum absolute atomic E-state index is 0.594. The summed E-state index contributed by atoms with van der Waals surface area (Å²) in [4.78, 5) is 2.58. The lowest BCUT2D eigenvalue weighted by molar-refractivity contribution is 0.118. The predicted molar refractivity (Wildman–Crippen MR) is 92.6 cm³/mol. The van der Waals surface area contributed by atoms with Gasteiger partial charge in [0.15, 0.2) is 0 Å². The Labute approximate surface area is 144 Å². The van der Waals surface area contributed by atoms with E-state index in [1.165, 1.54) is 36.8 Å². The van der Waals surface area contributed by atoms with Gasteiger partial charge in [-0.3, -0.25) is 4.90 Å². The molecule has 1 fully saturated rings. The van der Waals surface area contributed by atoms with Crippen molar-refractivity contribution in [1.82, 2.24) is 15.2 Å². The summed E-state index contributed by atoms with van der Waals surface area (Å²) < 4.78 is 10.8. The maximum absolute atomic E-state index is 5.38. The fraction of sp³-hybridized carbons (Fsp3) is 0.684. The Morgan fingerprint density at radius 2 is 1.46 bits per heavy atom. The Hall–Kier alpha value is -1.62. The highest BCUT2D eigenvalue weighted by Crippen LogP contribution is 2.31. The van der Waals surface area contributed by atoms with Crippen LogP contribution in [0.15, 0.2) is 9.05 Å². The van der Waals surface area contributed by atoms with Gasteiger partial charge in [0.05, 0.1) is 11.4 Å². The van der Waals surface area contributed by atoms with E-state index in [1.54, 1.807) is 0 Å². The summed E-state index contributed by atoms with van der Waals surface area (Å²) in [5, 5.41) is 8.26. The summed E-state index contributed by atoms with van der Waals surface area (Å²) in [6.45, 7) is 12.2. The average Bonchev–Trinajstić information content (AvgIpc) is 3.03. The molecule has 0 N–H and O–H groups in total. The summed E-state index contributed by atoms with van der Waals surface area (Å²) in [5.74, 6) is 2.65. The highest BCUT2D eigenvalue weighted by atomic mass is 16.5. The van der Waals surface area contributed by atoms with E-state index in [-0.39, 0.29) is 0 Å². The quantitative estimate of drug-likeness (QED) is 0.808. The average molecular weight is 331 g/mol. The zero-order chi connectivity index (χ0) is 17.3. The second kappa shape index (κ2) is 7.09. The lowest BCUT2D eigenvalue weighted by Crippen LogP contribution is -2.38. The topological polar surface area (TPSA) is 55.3 Å². The Kier molecular flexibility index (Phi) is 5.09. The van der Waals surface area contributed by atoms with Crippen LogP contribution in [0.25, 0.3) is 0 Å². The van der Waals surface area contributed by atoms with E-state index in [9.17, 15) is 0 Å². The predicted octanol–water partition coefficient (Wildman–Crippen LogP) is 4.48. The summed E-state index contributed by atoms with van der Waals surface area (Å²) >= 11 is 0. The molecule has 1 saturated carbocycles. The molecule has 24 heavy (non-hydrogen) atoms. The number of hydrogen-bond acceptors (Lipinski definition) is 5. The third kappa shape index (κ3) is 3.56. The van der Waals surface area contributed by atoms with Gasteiger partial charge in [0.1, 0.15) is 11.5 Å². The Balaban J connectivity index is 1.85. The molecule has 3 rings (SSSR count). The molecule has 0 amide bonds. The Morgan fingerprint density at radius 1 is 0.917 bits per heavy atom. The van der Waals surface area contributed by atoms with Crippen LogP contribution in [-0.4, -0.2) is 21.3 Å². The van der Waals surface area contributed by atoms with Crippen LogP contribution in [0.4, 0.5) is 0 Å². The van der Waals surface area contributed by atoms with E-state index in [1.807, 2.05) is 27.7 Å². The molecule has 0 radical (unpaired) electrons. The van der Waals surface area contributed by atoms with Crippen LogP contribution in [0.1, 0.15) is 66.6 Å². The number of aromatic nitrogens is 2. The first-order valence-corrected chi connectivity index (χ1v) is 9.03. The molecule has 0 spiro atoms. The first kappa shape index (κ1) is 17.2. The molecule has 2 atom stereocenters. The molecule has 132 valence electrons. The summed E-state index contributed by atoms with van der Waals surface area (Å²) in [7, 11) is 0. The van der Waals surface area contributed by atoms with Gasteiger partial charge in [-0.25, -0.2) is 0 Å². The zero-order valence-corrected chi connectivity index (χ0v) is 15.6. The SMILES string of the molecule is Cc1noc(C)c1CN(Cc1c(C)noc1C)[C@@H]1CCC[C@H](C)C1. The minimum Gasteiger partial charge on any atom is -0.361 e. The summed E-state index contributed by atoms with van der Waals surface area (Å²) in [6.07, 6.45) is 5.18. The monoisotopic (exact) mass is 331 g/mol. The highest BCUT2D eigenvalue weighted by Gasteiger charge is 2.28. The molecule has 0 unspecified atom stereocenters. The summed E-state index contributed by atoms with van der Waals surface area (Å²) in [5.41, 5.74) is 4.44. The van der Waals surface area contributed by atoms with Crippen molar-refractivity contribution in [3.8, 4) is 0 Å². The normalized spacial score (nSPS) is 21.6. The molecule has 2 heterocycles. The molecule has 2 aromatic rings. The second-order valence-electron chi connectivity index (χ2n) is 7.44. The van der Waals surface area contributed by atoms with Crippen LogP contribution in [0.2, 0.25) is 0 Å². The molecule has 0 aliphatic heterocycles. The number of aryl methyl sites for hydroxylation is 4. The van der Waals surface area contributed by atoms with Gasteiger partial charge in [0.25, 0.3) is 0 Å². The van der Waals surface area contributed by atoms with Gasteiger partial charge in [0.2, 0.25) is 0 Å². The van der Waals surface area contributed by atoms with Crippen LogP contribution in [0.3, 0.4) is 0 Å². The standard InChI is InChI=1S/C19H29N3O2/c1-12-7-6-8-17(9-12)22(10-18-13(2)20-23-15(18)4)11-19-14(3)21-24-16(19)5/h12,17H,6-11H2,1-5H3/t12-,17+/m0/s1. The Morgan fingerprint density at radius 3 is 1.88 bits per heavy atom. The highest BCUT2D eigenvalue weighted by molar-refractivity contribution is 5.23. The lowest BCUT2D eigenvalue weighted by atomic mass is 9.85. The molecular weight excluding hydrogens is 302 g/mol.